The smallest absolute Gasteiger partial charge is 0.323 e. The summed E-state index contributed by atoms with van der Waals surface area (Å²) in [6.45, 7) is 1.59. The van der Waals surface area contributed by atoms with Gasteiger partial charge in [0.05, 0.1) is 10.9 Å². The van der Waals surface area contributed by atoms with Gasteiger partial charge in [0, 0.05) is 12.4 Å². The van der Waals surface area contributed by atoms with Crippen LogP contribution >= 0.6 is 11.3 Å². The molecule has 0 fully saturated rings. The molecule has 10 heteroatoms. The minimum Gasteiger partial charge on any atom is -0.323 e. The summed E-state index contributed by atoms with van der Waals surface area (Å²) in [7, 11) is 0. The predicted octanol–water partition coefficient (Wildman–Crippen LogP) is 1.58. The molecule has 0 amide bonds. The van der Waals surface area contributed by atoms with Gasteiger partial charge in [-0.1, -0.05) is 11.3 Å². The van der Waals surface area contributed by atoms with Crippen molar-refractivity contribution in [1.82, 2.24) is 14.8 Å². The molecule has 0 saturated heterocycles. The summed E-state index contributed by atoms with van der Waals surface area (Å²) in [6.07, 6.45) is -1.92. The normalized spacial score (nSPS) is 14.5. The van der Waals surface area contributed by atoms with Crippen LogP contribution in [0.2, 0.25) is 0 Å². The van der Waals surface area contributed by atoms with E-state index in [9.17, 15) is 18.0 Å². The van der Waals surface area contributed by atoms with E-state index in [4.69, 9.17) is 5.84 Å². The lowest BCUT2D eigenvalue weighted by Gasteiger charge is -2.13. The number of nitrogens with zero attached hydrogens (tertiary/aromatic N) is 3. The Bertz CT molecular complexity index is 683. The van der Waals surface area contributed by atoms with Crippen molar-refractivity contribution in [2.45, 2.75) is 19.1 Å². The van der Waals surface area contributed by atoms with Crippen LogP contribution in [-0.2, 0) is 6.18 Å². The SMILES string of the molecule is CC(C(=NN)c1c[nH]c(=O)s1)n1ccc(C(F)(F)F)n1. The van der Waals surface area contributed by atoms with E-state index in [0.29, 0.717) is 4.88 Å². The topological polar surface area (TPSA) is 89.1 Å². The molecule has 0 spiro atoms. The Morgan fingerprint density at radius 1 is 1.60 bits per heavy atom. The molecule has 2 aromatic heterocycles. The van der Waals surface area contributed by atoms with Gasteiger partial charge < -0.3 is 10.8 Å². The number of halogens is 3. The van der Waals surface area contributed by atoms with Crippen molar-refractivity contribution in [2.24, 2.45) is 10.9 Å². The molecule has 0 aromatic carbocycles. The van der Waals surface area contributed by atoms with Crippen molar-refractivity contribution in [2.75, 3.05) is 0 Å². The largest absolute Gasteiger partial charge is 0.435 e. The minimum atomic E-state index is -4.51. The van der Waals surface area contributed by atoms with E-state index in [1.807, 2.05) is 0 Å². The molecule has 3 N–H and O–H groups in total. The van der Waals surface area contributed by atoms with Crippen LogP contribution < -0.4 is 10.7 Å². The number of H-pyrrole nitrogens is 1. The van der Waals surface area contributed by atoms with Crippen LogP contribution in [0.4, 0.5) is 13.2 Å². The number of hydrazone groups is 1. The number of hydrogen-bond donors (Lipinski definition) is 2. The van der Waals surface area contributed by atoms with Crippen LogP contribution in [0.1, 0.15) is 23.5 Å². The predicted molar refractivity (Wildman–Crippen MR) is 67.6 cm³/mol. The fraction of sp³-hybridized carbons (Fsp3) is 0.300. The van der Waals surface area contributed by atoms with Gasteiger partial charge in [-0.15, -0.1) is 0 Å². The second kappa shape index (κ2) is 5.12. The van der Waals surface area contributed by atoms with Crippen LogP contribution in [-0.4, -0.2) is 20.5 Å². The van der Waals surface area contributed by atoms with E-state index in [2.05, 4.69) is 15.2 Å². The number of nitrogens with two attached hydrogens (primary N) is 1. The first-order valence-corrected chi connectivity index (χ1v) is 6.23. The number of hydrogen-bond acceptors (Lipinski definition) is 5. The third-order valence-corrected chi connectivity index (χ3v) is 3.46. The number of rotatable bonds is 3. The molecule has 0 radical (unpaired) electrons. The zero-order valence-electron chi connectivity index (χ0n) is 10.2. The van der Waals surface area contributed by atoms with E-state index >= 15 is 0 Å². The van der Waals surface area contributed by atoms with E-state index in [1.165, 1.54) is 12.4 Å². The number of alkyl halides is 3. The van der Waals surface area contributed by atoms with Gasteiger partial charge in [0.25, 0.3) is 0 Å². The Hall–Kier alpha value is -2.10. The van der Waals surface area contributed by atoms with Crippen LogP contribution in [0.15, 0.2) is 28.4 Å². The Morgan fingerprint density at radius 2 is 2.30 bits per heavy atom. The summed E-state index contributed by atoms with van der Waals surface area (Å²) in [4.78, 5) is 13.7. The van der Waals surface area contributed by atoms with Crippen molar-refractivity contribution < 1.29 is 13.2 Å². The van der Waals surface area contributed by atoms with Crippen molar-refractivity contribution in [3.05, 3.63) is 38.7 Å². The van der Waals surface area contributed by atoms with Gasteiger partial charge in [0.15, 0.2) is 5.69 Å². The Balaban J connectivity index is 2.32. The summed E-state index contributed by atoms with van der Waals surface area (Å²) >= 11 is 0.871. The van der Waals surface area contributed by atoms with Gasteiger partial charge in [-0.25, -0.2) is 0 Å². The molecule has 0 bridgehead atoms. The Morgan fingerprint density at radius 3 is 2.75 bits per heavy atom. The number of nitrogens with one attached hydrogen (secondary N) is 1. The maximum atomic E-state index is 12.5. The second-order valence-electron chi connectivity index (χ2n) is 3.91. The lowest BCUT2D eigenvalue weighted by molar-refractivity contribution is -0.141. The highest BCUT2D eigenvalue weighted by Gasteiger charge is 2.34. The average molecular weight is 305 g/mol. The highest BCUT2D eigenvalue weighted by atomic mass is 32.1. The fourth-order valence-corrected chi connectivity index (χ4v) is 2.38. The summed E-state index contributed by atoms with van der Waals surface area (Å²) in [5.74, 6) is 5.26. The molecule has 0 aliphatic carbocycles. The third-order valence-electron chi connectivity index (χ3n) is 2.61. The van der Waals surface area contributed by atoms with Crippen molar-refractivity contribution in [3.8, 4) is 0 Å². The number of aromatic amines is 1. The standard InChI is InChI=1S/C10H10F3N5OS/c1-5(8(16-14)6-4-15-9(19)20-6)18-3-2-7(17-18)10(11,12)13/h2-5H,14H2,1H3,(H,15,19). The molecule has 20 heavy (non-hydrogen) atoms. The molecule has 0 aliphatic heterocycles. The molecule has 108 valence electrons. The maximum absolute atomic E-state index is 12.5. The van der Waals surface area contributed by atoms with Gasteiger partial charge in [0.2, 0.25) is 0 Å². The van der Waals surface area contributed by atoms with Gasteiger partial charge >= 0.3 is 11.0 Å². The minimum absolute atomic E-state index is 0.269. The van der Waals surface area contributed by atoms with Gasteiger partial charge in [-0.3, -0.25) is 9.48 Å². The van der Waals surface area contributed by atoms with Crippen LogP contribution in [0.5, 0.6) is 0 Å². The summed E-state index contributed by atoms with van der Waals surface area (Å²) in [5.41, 5.74) is -0.729. The number of aromatic nitrogens is 3. The van der Waals surface area contributed by atoms with Gasteiger partial charge in [-0.05, 0) is 13.0 Å². The zero-order valence-corrected chi connectivity index (χ0v) is 11.0. The lowest BCUT2D eigenvalue weighted by atomic mass is 10.2. The fourth-order valence-electron chi connectivity index (χ4n) is 1.62. The first-order chi connectivity index (χ1) is 9.32. The second-order valence-corrected chi connectivity index (χ2v) is 4.93. The maximum Gasteiger partial charge on any atom is 0.435 e. The molecule has 2 aromatic rings. The highest BCUT2D eigenvalue weighted by Crippen LogP contribution is 2.28. The van der Waals surface area contributed by atoms with Gasteiger partial charge in [0.1, 0.15) is 5.71 Å². The monoisotopic (exact) mass is 305 g/mol. The van der Waals surface area contributed by atoms with Crippen molar-refractivity contribution in [3.63, 3.8) is 0 Å². The third kappa shape index (κ3) is 2.74. The molecular formula is C10H10F3N5OS. The molecule has 6 nitrogen and oxygen atoms in total. The van der Waals surface area contributed by atoms with Crippen LogP contribution in [0.25, 0.3) is 0 Å². The van der Waals surface area contributed by atoms with Crippen molar-refractivity contribution in [1.29, 1.82) is 0 Å². The Kier molecular flexibility index (Phi) is 3.66. The zero-order chi connectivity index (χ0) is 14.9. The number of thiazole rings is 1. The molecular weight excluding hydrogens is 295 g/mol. The van der Waals surface area contributed by atoms with Gasteiger partial charge in [-0.2, -0.15) is 23.4 Å². The first kappa shape index (κ1) is 14.3. The summed E-state index contributed by atoms with van der Waals surface area (Å²) in [5, 5.41) is 7.00. The highest BCUT2D eigenvalue weighted by molar-refractivity contribution is 7.11. The van der Waals surface area contributed by atoms with E-state index in [1.54, 1.807) is 6.92 Å². The van der Waals surface area contributed by atoms with E-state index in [0.717, 1.165) is 22.1 Å². The average Bonchev–Trinajstić information content (AvgIpc) is 2.98. The van der Waals surface area contributed by atoms with Crippen LogP contribution in [0.3, 0.4) is 0 Å². The van der Waals surface area contributed by atoms with E-state index < -0.39 is 17.9 Å². The van der Waals surface area contributed by atoms with E-state index in [-0.39, 0.29) is 10.6 Å². The molecule has 1 atom stereocenters. The molecule has 0 saturated carbocycles. The van der Waals surface area contributed by atoms with Crippen LogP contribution in [0, 0.1) is 0 Å². The summed E-state index contributed by atoms with van der Waals surface area (Å²) in [6, 6.07) is 0.229. The van der Waals surface area contributed by atoms with Crippen molar-refractivity contribution >= 4 is 17.0 Å². The molecule has 2 rings (SSSR count). The Labute approximate surface area is 114 Å². The quantitative estimate of drug-likeness (QED) is 0.512. The molecule has 0 aliphatic rings. The summed E-state index contributed by atoms with van der Waals surface area (Å²) < 4.78 is 38.6. The molecule has 2 heterocycles. The lowest BCUT2D eigenvalue weighted by Crippen LogP contribution is -2.20. The molecule has 1 unspecified atom stereocenters. The first-order valence-electron chi connectivity index (χ1n) is 5.42.